The number of amides is 4. The monoisotopic (exact) mass is 1560 g/mol. The second kappa shape index (κ2) is 55.9. The summed E-state index contributed by atoms with van der Waals surface area (Å²) in [5, 5.41) is 45.4. The van der Waals surface area contributed by atoms with E-state index in [-0.39, 0.29) is 42.5 Å². The van der Waals surface area contributed by atoms with Crippen LogP contribution in [0.2, 0.25) is 0 Å². The molecule has 598 valence electrons. The molecule has 0 fully saturated rings. The maximum Gasteiger partial charge on any atom is 0.457 e. The van der Waals surface area contributed by atoms with Crippen LogP contribution in [0.5, 0.6) is 0 Å². The van der Waals surface area contributed by atoms with E-state index in [0.717, 1.165) is 79.4 Å². The number of hydroxylamine groups is 7. The molecule has 2 aromatic carbocycles. The largest absolute Gasteiger partial charge is 0.457 e. The van der Waals surface area contributed by atoms with Crippen LogP contribution in [0, 0.1) is 40.9 Å². The Morgan fingerprint density at radius 2 is 1.05 bits per heavy atom. The van der Waals surface area contributed by atoms with Gasteiger partial charge in [0.05, 0.1) is 69.4 Å². The number of carbonyl (C=O) groups excluding carboxylic acids is 6. The molecule has 4 amide bonds. The van der Waals surface area contributed by atoms with E-state index in [0.29, 0.717) is 42.3 Å². The van der Waals surface area contributed by atoms with Crippen molar-refractivity contribution in [1.29, 1.82) is 5.26 Å². The predicted molar refractivity (Wildman–Crippen MR) is 355 cm³/mol. The maximum absolute atomic E-state index is 12.4. The Labute approximate surface area is 604 Å². The third-order valence-electron chi connectivity index (χ3n) is 12.7. The molecule has 6 unspecified atom stereocenters. The van der Waals surface area contributed by atoms with Crippen molar-refractivity contribution >= 4 is 54.0 Å². The van der Waals surface area contributed by atoms with Crippen molar-refractivity contribution in [1.82, 2.24) is 67.1 Å². The van der Waals surface area contributed by atoms with E-state index in [4.69, 9.17) is 22.6 Å². The van der Waals surface area contributed by atoms with Crippen LogP contribution >= 0.6 is 11.6 Å². The summed E-state index contributed by atoms with van der Waals surface area (Å²) in [5.74, 6) is -6.08. The van der Waals surface area contributed by atoms with E-state index < -0.39 is 90.7 Å². The van der Waals surface area contributed by atoms with E-state index in [9.17, 15) is 94.6 Å². The number of halogens is 16. The first kappa shape index (κ1) is 105. The first-order chi connectivity index (χ1) is 48.3. The van der Waals surface area contributed by atoms with Crippen LogP contribution in [0.3, 0.4) is 0 Å². The number of allylic oxidation sites excluding steroid dienone is 1. The third kappa shape index (κ3) is 55.6. The number of nitrogens with one attached hydrogen (secondary N) is 4. The van der Waals surface area contributed by atoms with Crippen LogP contribution < -0.4 is 16.4 Å². The molecule has 0 radical (unpaired) electrons. The number of rotatable bonds is 25. The van der Waals surface area contributed by atoms with Gasteiger partial charge in [-0.2, -0.15) is 81.5 Å². The number of alkyl halides is 16. The topological polar surface area (TPSA) is 335 Å². The number of nitrogens with two attached hydrogens (primary N) is 1. The Kier molecular flexibility index (Phi) is 55.9. The molecule has 4 rings (SSSR count). The summed E-state index contributed by atoms with van der Waals surface area (Å²) in [6.07, 6.45) is -19.4. The molecule has 0 aliphatic heterocycles. The van der Waals surface area contributed by atoms with Gasteiger partial charge in [-0.25, -0.2) is 20.0 Å². The molecule has 6 N–H and O–H groups in total. The normalized spacial score (nSPS) is 12.8. The molecule has 42 heteroatoms. The molecule has 26 nitrogen and oxygen atoms in total. The number of nitriles is 1. The highest BCUT2D eigenvalue weighted by atomic mass is 35.5. The summed E-state index contributed by atoms with van der Waals surface area (Å²) in [6, 6.07) is 20.7. The number of aromatic amines is 2. The third-order valence-corrected chi connectivity index (χ3v) is 12.9. The second-order valence-electron chi connectivity index (χ2n) is 22.3. The lowest BCUT2D eigenvalue weighted by atomic mass is 10.0. The number of aldehydes is 1. The van der Waals surface area contributed by atoms with Gasteiger partial charge in [-0.15, -0.1) is 32.0 Å². The van der Waals surface area contributed by atoms with E-state index >= 15 is 0 Å². The molecular formula is C63H95ClF15N16O10+. The average Bonchev–Trinajstić information content (AvgIpc) is 1.88. The Balaban J connectivity index is -0.000000364. The molecule has 0 spiro atoms. The number of nitrogens with zero attached hydrogens (tertiary/aromatic N) is 11. The molecule has 0 bridgehead atoms. The number of benzene rings is 2. The van der Waals surface area contributed by atoms with Gasteiger partial charge in [-0.1, -0.05) is 126 Å². The van der Waals surface area contributed by atoms with Crippen LogP contribution in [0.15, 0.2) is 85.0 Å². The summed E-state index contributed by atoms with van der Waals surface area (Å²) >= 11 is 5.15. The molecule has 4 aromatic rings. The molecule has 0 saturated carbocycles. The van der Waals surface area contributed by atoms with Crippen molar-refractivity contribution in [3.05, 3.63) is 108 Å². The number of hydrogen-bond donors (Lipinski definition) is 5. The number of H-pyrrole nitrogens is 2. The molecule has 2 heterocycles. The molecule has 0 aliphatic rings. The number of Topliss-reactive ketones (excluding diaryl/α,β-unsaturated/α-hetero) is 1. The summed E-state index contributed by atoms with van der Waals surface area (Å²) in [4.78, 5) is 79.2. The zero-order valence-electron chi connectivity index (χ0n) is 60.8. The zero-order valence-corrected chi connectivity index (χ0v) is 61.6. The molecular weight excluding hydrogens is 1460 g/mol. The summed E-state index contributed by atoms with van der Waals surface area (Å²) in [5.41, 5.74) is 7.00. The highest BCUT2D eigenvalue weighted by Gasteiger charge is 2.39. The quantitative estimate of drug-likeness (QED) is 0.00782. The number of aromatic nitrogens is 8. The van der Waals surface area contributed by atoms with E-state index in [1.165, 1.54) is 55.1 Å². The number of tetrazole rings is 2. The summed E-state index contributed by atoms with van der Waals surface area (Å²) in [6.45, 7) is 20.6. The van der Waals surface area contributed by atoms with Gasteiger partial charge in [0, 0.05) is 70.4 Å². The number of hydrogen-bond acceptors (Lipinski definition) is 20. The van der Waals surface area contributed by atoms with Crippen molar-refractivity contribution in [2.45, 2.75) is 157 Å². The molecule has 0 saturated heterocycles. The zero-order chi connectivity index (χ0) is 82.7. The standard InChI is InChI=1S/C13H15F3N2.C13H19N5.C7H12F3NO2.C7H10F3NO2.C6H13N5.C5H7F3O.C5H8NO2.C4H8ClNO2.C3H3F3O/c1-10(13(14,15)16)7-12(8-17)18-9-11-5-3-2-4-6-11;1-10(2)8-12(13-15-17-18-16-13)14-9-11-6-4-3-5-7-11;2*1-5(7(8,9)10)4-6(12)11(2)13-3;1-4(2)3-5(7)6-8-10-11-9-6;1-4(2-3-9)5(6,7)8;1-4-5(7)6(2)8-3;1-6(8-2)4(7)3-5;1-2(7)3(4,5)6/h2-6,10,12,18H,7,9H2,1H3;3-7,10,12,14H,8-9H2,1-2H3,(H,15,16,17,18);5H,4H2,1-3H3;4H,1-3H3;4-5H,3,7H2,1-2H3,(H,8,9,10,11);3-4H,2H2,1H3;4H,1-2H2,3H3;3H2,1-2H3;1H3/q;;;;;;+1;;/b;;;5-4+;;;;;. The van der Waals surface area contributed by atoms with Crippen molar-refractivity contribution < 1.29 is 119 Å². The SMILES string of the molecule is C=CC(=O)[N+](=C)OC.CC(=O)C(F)(F)F.CC(C)CC(N)c1nn[nH]n1.CC(C)CC(NCc1ccccc1)c1nn[nH]n1.CC(CC(C#N)NCc1ccccc1)C(F)(F)F.CC(CC=O)C(F)(F)F.CON(C)C(=O)/C=C(\C)C(F)(F)F.CON(C)C(=O)CC(C)C(F)(F)F.CON(C)C(=O)CCl. The van der Waals surface area contributed by atoms with Crippen LogP contribution in [0.1, 0.15) is 129 Å². The lowest BCUT2D eigenvalue weighted by molar-refractivity contribution is -0.703. The number of likely N-dealkylation sites (N-methyl/N-ethyl adjacent to an activating group) is 1. The van der Waals surface area contributed by atoms with Crippen LogP contribution in [-0.2, 0) is 61.2 Å². The van der Waals surface area contributed by atoms with Gasteiger partial charge in [-0.05, 0) is 49.1 Å². The fourth-order valence-electron chi connectivity index (χ4n) is 6.06. The summed E-state index contributed by atoms with van der Waals surface area (Å²) in [7, 11) is 9.17. The highest BCUT2D eigenvalue weighted by molar-refractivity contribution is 6.27. The van der Waals surface area contributed by atoms with E-state index in [2.05, 4.69) is 124 Å². The molecule has 2 aromatic heterocycles. The lowest BCUT2D eigenvalue weighted by Gasteiger charge is -2.19. The van der Waals surface area contributed by atoms with Gasteiger partial charge < -0.3 is 15.8 Å². The fraction of sp³-hybridized carbons (Fsp3) is 0.587. The second-order valence-corrected chi connectivity index (χ2v) is 22.6. The van der Waals surface area contributed by atoms with Crippen molar-refractivity contribution in [2.75, 3.05) is 55.5 Å². The molecule has 0 aliphatic carbocycles. The number of ketones is 1. The molecule has 105 heavy (non-hydrogen) atoms. The van der Waals surface area contributed by atoms with Crippen molar-refractivity contribution in [2.24, 2.45) is 35.3 Å². The smallest absolute Gasteiger partial charge is 0.321 e. The lowest BCUT2D eigenvalue weighted by Crippen LogP contribution is -2.33. The van der Waals surface area contributed by atoms with Crippen LogP contribution in [-0.4, -0.2) is 196 Å². The van der Waals surface area contributed by atoms with Crippen molar-refractivity contribution in [3.63, 3.8) is 0 Å². The van der Waals surface area contributed by atoms with Crippen LogP contribution in [0.4, 0.5) is 65.9 Å². The average molecular weight is 1560 g/mol. The Bertz CT molecular complexity index is 3080. The van der Waals surface area contributed by atoms with Gasteiger partial charge in [0.15, 0.2) is 18.4 Å². The van der Waals surface area contributed by atoms with Crippen molar-refractivity contribution in [3.8, 4) is 6.07 Å². The van der Waals surface area contributed by atoms with Gasteiger partial charge >= 0.3 is 36.8 Å². The van der Waals surface area contributed by atoms with E-state index in [1.54, 1.807) is 0 Å². The van der Waals surface area contributed by atoms with Gasteiger partial charge in [0.25, 0.3) is 11.8 Å². The minimum atomic E-state index is -4.64. The highest BCUT2D eigenvalue weighted by Crippen LogP contribution is 2.31. The van der Waals surface area contributed by atoms with Gasteiger partial charge in [-0.3, -0.25) is 43.8 Å². The van der Waals surface area contributed by atoms with Gasteiger partial charge in [0.2, 0.25) is 11.7 Å². The Morgan fingerprint density at radius 3 is 1.34 bits per heavy atom. The minimum Gasteiger partial charge on any atom is -0.321 e. The van der Waals surface area contributed by atoms with Gasteiger partial charge in [0.1, 0.15) is 19.3 Å². The Morgan fingerprint density at radius 1 is 0.638 bits per heavy atom. The minimum absolute atomic E-state index is 0.0374. The molecule has 6 atom stereocenters. The first-order valence-electron chi connectivity index (χ1n) is 30.8. The first-order valence-corrected chi connectivity index (χ1v) is 31.3. The van der Waals surface area contributed by atoms with E-state index in [1.807, 2.05) is 54.6 Å². The fourth-order valence-corrected chi connectivity index (χ4v) is 6.23. The summed E-state index contributed by atoms with van der Waals surface area (Å²) < 4.78 is 176. The number of carbonyl (C=O) groups is 6. The predicted octanol–water partition coefficient (Wildman–Crippen LogP) is 11.8. The van der Waals surface area contributed by atoms with Crippen LogP contribution in [0.25, 0.3) is 0 Å². The maximum atomic E-state index is 12.4. The Hall–Kier alpha value is -8.56.